The summed E-state index contributed by atoms with van der Waals surface area (Å²) in [5.74, 6) is 4.02. The molecule has 0 bridgehead atoms. The van der Waals surface area contributed by atoms with Crippen LogP contribution in [0.2, 0.25) is 48.4 Å². The monoisotopic (exact) mass is 830 g/mol. The molecule has 15 atom stereocenters. The van der Waals surface area contributed by atoms with Gasteiger partial charge in [0, 0.05) is 54.1 Å². The fourth-order valence-corrected chi connectivity index (χ4v) is 27.6. The lowest BCUT2D eigenvalue weighted by Crippen LogP contribution is -2.65. The van der Waals surface area contributed by atoms with Crippen LogP contribution in [0.4, 0.5) is 0 Å². The van der Waals surface area contributed by atoms with Crippen LogP contribution in [0.1, 0.15) is 129 Å². The van der Waals surface area contributed by atoms with Crippen molar-refractivity contribution in [3.63, 3.8) is 0 Å². The first-order chi connectivity index (χ1) is 28.4. The molecule has 14 unspecified atom stereocenters. The van der Waals surface area contributed by atoms with E-state index in [-0.39, 0.29) is 0 Å². The summed E-state index contributed by atoms with van der Waals surface area (Å²) in [7, 11) is 2.09. The molecule has 2 heterocycles. The third-order valence-electron chi connectivity index (χ3n) is 21.1. The predicted molar refractivity (Wildman–Crippen MR) is 255 cm³/mol. The Morgan fingerprint density at radius 2 is 1.44 bits per heavy atom. The number of rotatable bonds is 4. The topological polar surface area (TPSA) is 9.72 Å². The summed E-state index contributed by atoms with van der Waals surface area (Å²) in [6.45, 7) is 16.3. The highest BCUT2D eigenvalue weighted by Gasteiger charge is 2.58. The van der Waals surface area contributed by atoms with Crippen LogP contribution in [0.25, 0.3) is 0 Å². The molecule has 3 nitrogen and oxygen atoms in total. The normalized spacial score (nSPS) is 46.6. The first-order valence-electron chi connectivity index (χ1n) is 25.8. The van der Waals surface area contributed by atoms with E-state index in [1.807, 2.05) is 16.7 Å². The van der Waals surface area contributed by atoms with Crippen molar-refractivity contribution in [2.45, 2.75) is 220 Å². The zero-order chi connectivity index (χ0) is 40.5. The largest absolute Gasteiger partial charge is 0.297 e. The van der Waals surface area contributed by atoms with Crippen LogP contribution in [-0.2, 0) is 0 Å². The van der Waals surface area contributed by atoms with Crippen LogP contribution in [0, 0.1) is 29.6 Å². The summed E-state index contributed by atoms with van der Waals surface area (Å²) in [4.78, 5) is 9.00. The van der Waals surface area contributed by atoms with Gasteiger partial charge in [-0.1, -0.05) is 118 Å². The van der Waals surface area contributed by atoms with E-state index in [0.717, 1.165) is 69.9 Å². The Morgan fingerprint density at radius 1 is 0.678 bits per heavy atom. The van der Waals surface area contributed by atoms with Crippen molar-refractivity contribution >= 4 is 16.1 Å². The molecule has 0 spiro atoms. The third-order valence-corrected chi connectivity index (χ3v) is 30.9. The van der Waals surface area contributed by atoms with Crippen molar-refractivity contribution < 1.29 is 0 Å². The summed E-state index contributed by atoms with van der Waals surface area (Å²) in [5, 5.41) is 0. The molecule has 0 N–H and O–H groups in total. The molecule has 0 aromatic carbocycles. The molecule has 0 aromatic heterocycles. The van der Waals surface area contributed by atoms with Gasteiger partial charge in [-0.3, -0.25) is 14.7 Å². The maximum atomic E-state index is 3.24. The molecule has 2 aliphatic heterocycles. The van der Waals surface area contributed by atoms with Gasteiger partial charge in [-0.15, -0.1) is 0 Å². The van der Waals surface area contributed by atoms with Crippen LogP contribution in [-0.4, -0.2) is 87.2 Å². The van der Waals surface area contributed by atoms with Crippen LogP contribution >= 0.6 is 0 Å². The Bertz CT molecular complexity index is 1840. The lowest BCUT2D eigenvalue weighted by atomic mass is 9.67. The summed E-state index contributed by atoms with van der Waals surface area (Å²) in [5.41, 5.74) is 12.8. The van der Waals surface area contributed by atoms with Crippen molar-refractivity contribution in [3.8, 4) is 0 Å². The van der Waals surface area contributed by atoms with E-state index in [4.69, 9.17) is 0 Å². The van der Waals surface area contributed by atoms with Crippen molar-refractivity contribution in [1.29, 1.82) is 0 Å². The number of hydrogen-bond donors (Lipinski definition) is 0. The average Bonchev–Trinajstić information content (AvgIpc) is 3.57. The molecule has 9 aliphatic carbocycles. The number of hydrogen-bond acceptors (Lipinski definition) is 3. The molecule has 5 fully saturated rings. The zero-order valence-electron chi connectivity index (χ0n) is 38.8. The maximum absolute atomic E-state index is 3.24. The summed E-state index contributed by atoms with van der Waals surface area (Å²) in [6, 6.07) is 4.91. The SMILES string of the molecule is CC1=CC2C(CC1)N(C)C1C=CC(C3CCC4=C(C3)C3CCCC5C3=C4C=CC5N(C3C=C[C@@H]4C(C3)[Si](C)(C)C3CC(C)CCC3N4C)C3CCCCC3)CC1[Si]2(C)C. The lowest BCUT2D eigenvalue weighted by molar-refractivity contribution is 0.0467. The van der Waals surface area contributed by atoms with E-state index >= 15 is 0 Å². The minimum absolute atomic E-state index is 0.589. The molecular weight excluding hydrogens is 747 g/mol. The van der Waals surface area contributed by atoms with Crippen molar-refractivity contribution in [1.82, 2.24) is 14.7 Å². The number of nitrogens with zero attached hydrogens (tertiary/aromatic N) is 3. The maximum Gasteiger partial charge on any atom is 0.0614 e. The molecule has 3 saturated carbocycles. The highest BCUT2D eigenvalue weighted by Crippen LogP contribution is 2.61. The third kappa shape index (κ3) is 6.42. The molecule has 322 valence electrons. The molecule has 2 saturated heterocycles. The second-order valence-electron chi connectivity index (χ2n) is 24.4. The molecule has 0 amide bonds. The summed E-state index contributed by atoms with van der Waals surface area (Å²) < 4.78 is 0. The predicted octanol–water partition coefficient (Wildman–Crippen LogP) is 13.1. The highest BCUT2D eigenvalue weighted by atomic mass is 28.3. The van der Waals surface area contributed by atoms with E-state index in [2.05, 4.69) is 111 Å². The van der Waals surface area contributed by atoms with Crippen LogP contribution in [0.15, 0.2) is 70.4 Å². The van der Waals surface area contributed by atoms with Gasteiger partial charge in [-0.25, -0.2) is 0 Å². The Balaban J connectivity index is 0.848. The smallest absolute Gasteiger partial charge is 0.0614 e. The first kappa shape index (κ1) is 40.5. The zero-order valence-corrected chi connectivity index (χ0v) is 40.8. The summed E-state index contributed by atoms with van der Waals surface area (Å²) in [6.07, 6.45) is 45.0. The molecule has 0 radical (unpaired) electrons. The molecule has 11 aliphatic rings. The quantitative estimate of drug-likeness (QED) is 0.206. The minimum Gasteiger partial charge on any atom is -0.297 e. The van der Waals surface area contributed by atoms with Gasteiger partial charge in [0.2, 0.25) is 0 Å². The minimum atomic E-state index is -1.47. The molecule has 59 heavy (non-hydrogen) atoms. The fraction of sp³-hybridized carbons (Fsp3) is 0.778. The Morgan fingerprint density at radius 3 is 2.25 bits per heavy atom. The van der Waals surface area contributed by atoms with Gasteiger partial charge in [0.15, 0.2) is 0 Å². The second-order valence-corrected chi connectivity index (χ2v) is 34.6. The molecule has 11 rings (SSSR count). The average molecular weight is 830 g/mol. The Labute approximate surface area is 363 Å². The van der Waals surface area contributed by atoms with E-state index in [9.17, 15) is 0 Å². The van der Waals surface area contributed by atoms with E-state index in [0.29, 0.717) is 24.2 Å². The fourth-order valence-electron chi connectivity index (χ4n) is 17.9. The first-order valence-corrected chi connectivity index (χ1v) is 32.1. The van der Waals surface area contributed by atoms with Gasteiger partial charge < -0.3 is 0 Å². The van der Waals surface area contributed by atoms with Crippen molar-refractivity contribution in [2.24, 2.45) is 29.6 Å². The van der Waals surface area contributed by atoms with Gasteiger partial charge in [0.25, 0.3) is 0 Å². The Hall–Kier alpha value is -1.25. The van der Waals surface area contributed by atoms with Gasteiger partial charge in [-0.2, -0.15) is 0 Å². The molecular formula is C54H83N3Si2. The van der Waals surface area contributed by atoms with Crippen LogP contribution in [0.5, 0.6) is 0 Å². The van der Waals surface area contributed by atoms with Gasteiger partial charge in [0.1, 0.15) is 0 Å². The van der Waals surface area contributed by atoms with Crippen LogP contribution < -0.4 is 0 Å². The number of likely N-dealkylation sites (N-methyl/N-ethyl adjacent to an activating group) is 2. The standard InChI is InChI=1S/C54H83N3Si2/c1-34-17-24-46-50(29-34)58(5,6)52-32-37(20-26-48(52)55(46)3)36-19-22-40-42-23-28-45(43-16-12-15-41(54(42)43)44(40)31-36)57(38-13-10-9-11-14-38)39-21-27-49-53(33-39)59(7,8)51-30-35(2)18-25-47(51)56(49)4/h20-21,23,26-29,35-39,41,43,45-53H,9-19,22,24-25,30-33H2,1-8H3/t35?,36?,37?,39?,41?,43?,45?,46?,47?,48?,49-,50?,51?,52?,53?/m1/s1. The van der Waals surface area contributed by atoms with Gasteiger partial charge >= 0.3 is 0 Å². The number of fused-ring (bicyclic) bond motifs is 6. The van der Waals surface area contributed by atoms with E-state index in [1.54, 1.807) is 11.1 Å². The van der Waals surface area contributed by atoms with E-state index in [1.165, 1.54) is 116 Å². The summed E-state index contributed by atoms with van der Waals surface area (Å²) >= 11 is 0. The lowest BCUT2D eigenvalue weighted by Gasteiger charge is -2.61. The molecule has 5 heteroatoms. The van der Waals surface area contributed by atoms with Crippen LogP contribution in [0.3, 0.4) is 0 Å². The van der Waals surface area contributed by atoms with Crippen molar-refractivity contribution in [2.75, 3.05) is 14.1 Å². The molecule has 0 aromatic rings. The Kier molecular flexibility index (Phi) is 10.4. The second kappa shape index (κ2) is 15.2. The van der Waals surface area contributed by atoms with Gasteiger partial charge in [0.05, 0.1) is 16.1 Å². The van der Waals surface area contributed by atoms with E-state index < -0.39 is 16.1 Å². The number of allylic oxidation sites excluding steroid dienone is 6. The highest BCUT2D eigenvalue weighted by molar-refractivity contribution is 6.81. The van der Waals surface area contributed by atoms with Crippen molar-refractivity contribution in [3.05, 3.63) is 70.4 Å². The van der Waals surface area contributed by atoms with Gasteiger partial charge in [-0.05, 0) is 162 Å².